The van der Waals surface area contributed by atoms with E-state index in [1.807, 2.05) is 19.1 Å². The second-order valence-corrected chi connectivity index (χ2v) is 5.06. The molecule has 0 aromatic heterocycles. The molecular weight excluding hydrogens is 236 g/mol. The molecule has 0 fully saturated rings. The van der Waals surface area contributed by atoms with Crippen LogP contribution in [0.3, 0.4) is 0 Å². The highest BCUT2D eigenvalue weighted by Crippen LogP contribution is 2.32. The highest BCUT2D eigenvalue weighted by atomic mass is 16.2. The standard InChI is InChI=1S/C16H20N2O/c1-2-11-18(12-10-17)16(19)15-9-5-7-13-6-3-4-8-14(13)15/h3-4,6,8,15H,2,5,7,9,11-12H2,1H3. The molecule has 3 heteroatoms. The first kappa shape index (κ1) is 13.6. The summed E-state index contributed by atoms with van der Waals surface area (Å²) in [7, 11) is 0. The molecule has 19 heavy (non-hydrogen) atoms. The fourth-order valence-corrected chi connectivity index (χ4v) is 2.85. The van der Waals surface area contributed by atoms with E-state index in [0.29, 0.717) is 6.54 Å². The summed E-state index contributed by atoms with van der Waals surface area (Å²) in [5.41, 5.74) is 2.46. The van der Waals surface area contributed by atoms with Gasteiger partial charge >= 0.3 is 0 Å². The Balaban J connectivity index is 2.22. The molecule has 1 amide bonds. The molecule has 100 valence electrons. The first-order chi connectivity index (χ1) is 9.27. The van der Waals surface area contributed by atoms with Gasteiger partial charge in [-0.15, -0.1) is 0 Å². The van der Waals surface area contributed by atoms with E-state index in [-0.39, 0.29) is 18.4 Å². The zero-order valence-electron chi connectivity index (χ0n) is 11.4. The molecule has 0 heterocycles. The molecule has 1 aliphatic rings. The number of nitriles is 1. The van der Waals surface area contributed by atoms with Gasteiger partial charge in [0, 0.05) is 6.54 Å². The molecule has 2 rings (SSSR count). The average molecular weight is 256 g/mol. The number of nitrogens with zero attached hydrogens (tertiary/aromatic N) is 2. The molecule has 3 nitrogen and oxygen atoms in total. The van der Waals surface area contributed by atoms with Crippen molar-refractivity contribution in [2.24, 2.45) is 0 Å². The van der Waals surface area contributed by atoms with Gasteiger partial charge in [0.2, 0.25) is 5.91 Å². The van der Waals surface area contributed by atoms with Gasteiger partial charge in [0.15, 0.2) is 0 Å². The Morgan fingerprint density at radius 1 is 1.47 bits per heavy atom. The number of rotatable bonds is 4. The van der Waals surface area contributed by atoms with Crippen LogP contribution in [0.4, 0.5) is 0 Å². The van der Waals surface area contributed by atoms with Crippen LogP contribution >= 0.6 is 0 Å². The Kier molecular flexibility index (Phi) is 4.57. The van der Waals surface area contributed by atoms with E-state index in [9.17, 15) is 4.79 Å². The van der Waals surface area contributed by atoms with Crippen molar-refractivity contribution in [1.29, 1.82) is 5.26 Å². The van der Waals surface area contributed by atoms with Crippen molar-refractivity contribution in [3.05, 3.63) is 35.4 Å². The number of carbonyl (C=O) groups excluding carboxylic acids is 1. The molecule has 0 spiro atoms. The largest absolute Gasteiger partial charge is 0.329 e. The van der Waals surface area contributed by atoms with Crippen molar-refractivity contribution in [1.82, 2.24) is 4.90 Å². The summed E-state index contributed by atoms with van der Waals surface area (Å²) in [6, 6.07) is 10.3. The number of benzene rings is 1. The van der Waals surface area contributed by atoms with Crippen molar-refractivity contribution >= 4 is 5.91 Å². The van der Waals surface area contributed by atoms with Crippen molar-refractivity contribution < 1.29 is 4.79 Å². The van der Waals surface area contributed by atoms with Gasteiger partial charge in [-0.2, -0.15) is 5.26 Å². The Labute approximate surface area is 114 Å². The van der Waals surface area contributed by atoms with E-state index in [4.69, 9.17) is 5.26 Å². The minimum Gasteiger partial charge on any atom is -0.329 e. The van der Waals surface area contributed by atoms with Gasteiger partial charge in [0.05, 0.1) is 12.0 Å². The van der Waals surface area contributed by atoms with Crippen LogP contribution in [-0.2, 0) is 11.2 Å². The lowest BCUT2D eigenvalue weighted by Gasteiger charge is -2.29. The van der Waals surface area contributed by atoms with E-state index in [1.54, 1.807) is 4.90 Å². The average Bonchev–Trinajstić information content (AvgIpc) is 2.46. The normalized spacial score (nSPS) is 17.4. The highest BCUT2D eigenvalue weighted by Gasteiger charge is 2.29. The van der Waals surface area contributed by atoms with Crippen LogP contribution in [0, 0.1) is 11.3 Å². The third kappa shape index (κ3) is 2.96. The van der Waals surface area contributed by atoms with Crippen molar-refractivity contribution in [3.8, 4) is 6.07 Å². The lowest BCUT2D eigenvalue weighted by Crippen LogP contribution is -2.37. The maximum absolute atomic E-state index is 12.6. The lowest BCUT2D eigenvalue weighted by molar-refractivity contribution is -0.132. The second kappa shape index (κ2) is 6.38. The van der Waals surface area contributed by atoms with Crippen molar-refractivity contribution in [2.75, 3.05) is 13.1 Å². The highest BCUT2D eigenvalue weighted by molar-refractivity contribution is 5.84. The summed E-state index contributed by atoms with van der Waals surface area (Å²) >= 11 is 0. The summed E-state index contributed by atoms with van der Waals surface area (Å²) in [5, 5.41) is 8.86. The van der Waals surface area contributed by atoms with Gasteiger partial charge < -0.3 is 4.90 Å². The Hall–Kier alpha value is -1.82. The zero-order valence-corrected chi connectivity index (χ0v) is 11.4. The van der Waals surface area contributed by atoms with E-state index in [0.717, 1.165) is 31.2 Å². The van der Waals surface area contributed by atoms with Crippen LogP contribution in [-0.4, -0.2) is 23.9 Å². The SMILES string of the molecule is CCCN(CC#N)C(=O)C1CCCc2ccccc21. The summed E-state index contributed by atoms with van der Waals surface area (Å²) in [5.74, 6) is 0.0698. The van der Waals surface area contributed by atoms with Crippen LogP contribution in [0.1, 0.15) is 43.2 Å². The molecule has 0 radical (unpaired) electrons. The molecule has 0 saturated carbocycles. The topological polar surface area (TPSA) is 44.1 Å². The summed E-state index contributed by atoms with van der Waals surface area (Å²) in [6.45, 7) is 2.91. The molecule has 0 saturated heterocycles. The van der Waals surface area contributed by atoms with Crippen LogP contribution in [0.15, 0.2) is 24.3 Å². The first-order valence-electron chi connectivity index (χ1n) is 7.01. The third-order valence-corrected chi connectivity index (χ3v) is 3.73. The monoisotopic (exact) mass is 256 g/mol. The van der Waals surface area contributed by atoms with Crippen molar-refractivity contribution in [3.63, 3.8) is 0 Å². The summed E-state index contributed by atoms with van der Waals surface area (Å²) in [4.78, 5) is 14.3. The van der Waals surface area contributed by atoms with Crippen LogP contribution < -0.4 is 0 Å². The van der Waals surface area contributed by atoms with Gasteiger partial charge in [0.1, 0.15) is 6.54 Å². The molecule has 1 aromatic carbocycles. The number of fused-ring (bicyclic) bond motifs is 1. The zero-order chi connectivity index (χ0) is 13.7. The molecule has 1 aromatic rings. The van der Waals surface area contributed by atoms with Gasteiger partial charge in [-0.1, -0.05) is 31.2 Å². The van der Waals surface area contributed by atoms with E-state index < -0.39 is 0 Å². The molecule has 1 atom stereocenters. The molecule has 1 aliphatic carbocycles. The molecular formula is C16H20N2O. The fraction of sp³-hybridized carbons (Fsp3) is 0.500. The minimum absolute atomic E-state index is 0.0511. The first-order valence-corrected chi connectivity index (χ1v) is 7.01. The quantitative estimate of drug-likeness (QED) is 0.777. The number of carbonyl (C=O) groups is 1. The van der Waals surface area contributed by atoms with Gasteiger partial charge in [0.25, 0.3) is 0 Å². The fourth-order valence-electron chi connectivity index (χ4n) is 2.85. The third-order valence-electron chi connectivity index (χ3n) is 3.73. The van der Waals surface area contributed by atoms with E-state index in [2.05, 4.69) is 18.2 Å². The van der Waals surface area contributed by atoms with E-state index in [1.165, 1.54) is 5.56 Å². The maximum Gasteiger partial charge on any atom is 0.230 e. The second-order valence-electron chi connectivity index (χ2n) is 5.06. The number of aryl methyl sites for hydroxylation is 1. The number of amides is 1. The predicted octanol–water partition coefficient (Wildman–Crippen LogP) is 2.87. The van der Waals surface area contributed by atoms with Gasteiger partial charge in [-0.25, -0.2) is 0 Å². The van der Waals surface area contributed by atoms with Crippen LogP contribution in [0.5, 0.6) is 0 Å². The summed E-state index contributed by atoms with van der Waals surface area (Å²) < 4.78 is 0. The number of hydrogen-bond donors (Lipinski definition) is 0. The Morgan fingerprint density at radius 2 is 2.26 bits per heavy atom. The maximum atomic E-state index is 12.6. The Bertz CT molecular complexity index is 490. The van der Waals surface area contributed by atoms with Gasteiger partial charge in [-0.3, -0.25) is 4.79 Å². The predicted molar refractivity (Wildman–Crippen MR) is 74.6 cm³/mol. The van der Waals surface area contributed by atoms with E-state index >= 15 is 0 Å². The lowest BCUT2D eigenvalue weighted by atomic mass is 9.82. The molecule has 0 N–H and O–H groups in total. The molecule has 0 aliphatic heterocycles. The van der Waals surface area contributed by atoms with Crippen LogP contribution in [0.2, 0.25) is 0 Å². The molecule has 0 bridgehead atoms. The number of hydrogen-bond acceptors (Lipinski definition) is 2. The minimum atomic E-state index is -0.0511. The summed E-state index contributed by atoms with van der Waals surface area (Å²) in [6.07, 6.45) is 3.91. The van der Waals surface area contributed by atoms with Crippen LogP contribution in [0.25, 0.3) is 0 Å². The van der Waals surface area contributed by atoms with Gasteiger partial charge in [-0.05, 0) is 36.8 Å². The smallest absolute Gasteiger partial charge is 0.230 e. The molecule has 1 unspecified atom stereocenters. The Morgan fingerprint density at radius 3 is 3.00 bits per heavy atom. The van der Waals surface area contributed by atoms with Crippen molar-refractivity contribution in [2.45, 2.75) is 38.5 Å².